The van der Waals surface area contributed by atoms with Crippen LogP contribution in [0, 0.1) is 116 Å². The van der Waals surface area contributed by atoms with Crippen molar-refractivity contribution in [3.8, 4) is 24.7 Å². The zero-order valence-electron chi connectivity index (χ0n) is 50.8. The molecule has 9 saturated carbocycles. The van der Waals surface area contributed by atoms with Crippen LogP contribution in [0.15, 0.2) is 34.9 Å². The molecular formula is C68H92O15. The minimum Gasteiger partial charge on any atom is -0.462 e. The van der Waals surface area contributed by atoms with E-state index in [1.807, 2.05) is 26.0 Å². The van der Waals surface area contributed by atoms with Gasteiger partial charge in [0.15, 0.2) is 22.8 Å². The molecule has 9 fully saturated rings. The number of rotatable bonds is 3. The Morgan fingerprint density at radius 3 is 1.36 bits per heavy atom. The normalized spacial score (nSPS) is 48.6. The summed E-state index contributed by atoms with van der Waals surface area (Å²) in [6, 6.07) is 0. The molecule has 83 heavy (non-hydrogen) atoms. The first-order valence-corrected chi connectivity index (χ1v) is 31.1. The molecule has 4 N–H and O–H groups in total. The Morgan fingerprint density at radius 2 is 0.940 bits per heavy atom. The van der Waals surface area contributed by atoms with Crippen LogP contribution in [0.3, 0.4) is 0 Å². The Hall–Kier alpha value is -4.80. The first kappa shape index (κ1) is 61.3. The quantitative estimate of drug-likeness (QED) is 0.0892. The molecule has 0 bridgehead atoms. The number of ketones is 3. The van der Waals surface area contributed by atoms with E-state index in [0.29, 0.717) is 49.2 Å². The van der Waals surface area contributed by atoms with Crippen LogP contribution in [0.2, 0.25) is 0 Å². The lowest BCUT2D eigenvalue weighted by molar-refractivity contribution is -0.148. The summed E-state index contributed by atoms with van der Waals surface area (Å²) in [6.45, 7) is 16.6. The highest BCUT2D eigenvalue weighted by Gasteiger charge is 2.70. The SMILES string of the molecule is C#C[C@]1(O)C(=O)CC2C3C(CC[C@@]21C)[C@@]1(C)CC[C@H](OC(=O)OC)CC1=C[C@@H]3O.C#C[C@]1(O)C(=O)CC2C3C(CC[C@@]21C)[C@@]1(C)CC[C@H](OC(=O)OC)CC1=C[C@H]3O.CC(=O)O[C@H]1CC[C@@]2(C)C(=CCC3C2CC[C@]2(C)C(=O)[C@H](C)CC32)C1. The van der Waals surface area contributed by atoms with Gasteiger partial charge in [0.25, 0.3) is 0 Å². The van der Waals surface area contributed by atoms with Crippen molar-refractivity contribution < 1.29 is 72.9 Å². The molecule has 0 aromatic carbocycles. The summed E-state index contributed by atoms with van der Waals surface area (Å²) in [5, 5.41) is 44.2. The van der Waals surface area contributed by atoms with E-state index in [0.717, 1.165) is 88.2 Å². The highest BCUT2D eigenvalue weighted by atomic mass is 16.7. The van der Waals surface area contributed by atoms with Gasteiger partial charge >= 0.3 is 18.3 Å². The highest BCUT2D eigenvalue weighted by Crippen LogP contribution is 2.69. The van der Waals surface area contributed by atoms with Gasteiger partial charge in [0, 0.05) is 61.2 Å². The maximum Gasteiger partial charge on any atom is 0.508 e. The number of esters is 1. The summed E-state index contributed by atoms with van der Waals surface area (Å²) in [5.41, 5.74) is -1.25. The first-order valence-electron chi connectivity index (χ1n) is 31.1. The standard InChI is InChI=1S/2C23H30O6.C22H32O3/c2*1-5-23(27)18(25)12-16-19-15(7-9-22(16,23)3)21(2)8-6-14(29-20(26)28-4)10-13(21)11-17(19)24;1-13-11-19-17-6-5-15-12-16(25-14(2)23)7-9-21(15,3)18(17)8-10-22(19,4)20(13)24/h2*1,11,14-17,19,24,27H,6-10,12H2,2-4H3;5,13,16-19H,6-12H2,1-4H3/t14-,15?,16?,17+,19?,21-,22-,23-;14-,15?,16?,17-,19?,21-,22-,23-;13-,16+,17?,18?,19?,21+,22+/m001/s1. The van der Waals surface area contributed by atoms with Gasteiger partial charge in [-0.25, -0.2) is 9.59 Å². The summed E-state index contributed by atoms with van der Waals surface area (Å²) in [6.07, 6.45) is 29.3. The van der Waals surface area contributed by atoms with Crippen LogP contribution in [0.25, 0.3) is 0 Å². The van der Waals surface area contributed by atoms with Gasteiger partial charge in [0.1, 0.15) is 24.1 Å². The Morgan fingerprint density at radius 1 is 0.542 bits per heavy atom. The number of methoxy groups -OCH3 is 2. The van der Waals surface area contributed by atoms with Crippen LogP contribution in [-0.2, 0) is 42.9 Å². The summed E-state index contributed by atoms with van der Waals surface area (Å²) in [4.78, 5) is 72.5. The Bertz CT molecular complexity index is 2720. The van der Waals surface area contributed by atoms with E-state index in [1.54, 1.807) is 0 Å². The fourth-order valence-corrected chi connectivity index (χ4v) is 21.0. The minimum atomic E-state index is -1.75. The van der Waals surface area contributed by atoms with Crippen LogP contribution in [0.1, 0.15) is 177 Å². The number of hydrogen-bond donors (Lipinski definition) is 4. The molecule has 15 heteroatoms. The number of carbonyl (C=O) groups is 6. The fourth-order valence-electron chi connectivity index (χ4n) is 21.0. The topological polar surface area (TPSA) is 229 Å². The predicted octanol–water partition coefficient (Wildman–Crippen LogP) is 9.93. The van der Waals surface area contributed by atoms with Gasteiger partial charge in [-0.3, -0.25) is 19.2 Å². The lowest BCUT2D eigenvalue weighted by Gasteiger charge is -2.59. The molecule has 23 atom stereocenters. The first-order chi connectivity index (χ1) is 39.0. The maximum absolute atomic E-state index is 12.8. The Labute approximate surface area is 491 Å². The largest absolute Gasteiger partial charge is 0.508 e. The maximum atomic E-state index is 12.8. The fraction of sp³-hybridized carbons (Fsp3) is 0.765. The molecule has 0 saturated heterocycles. The van der Waals surface area contributed by atoms with Gasteiger partial charge in [0.05, 0.1) is 26.4 Å². The Balaban J connectivity index is 0.000000140. The molecule has 0 aliphatic heterocycles. The van der Waals surface area contributed by atoms with Crippen molar-refractivity contribution in [3.05, 3.63) is 34.9 Å². The Kier molecular flexibility index (Phi) is 15.9. The molecule has 9 unspecified atom stereocenters. The van der Waals surface area contributed by atoms with Crippen molar-refractivity contribution in [1.82, 2.24) is 0 Å². The number of allylic oxidation sites excluding steroid dienone is 1. The number of ether oxygens (including phenoxy) is 5. The zero-order valence-corrected chi connectivity index (χ0v) is 50.8. The van der Waals surface area contributed by atoms with Gasteiger partial charge in [-0.1, -0.05) is 95.3 Å². The average Bonchev–Trinajstić information content (AvgIpc) is 4.16. The third kappa shape index (κ3) is 9.34. The number of aliphatic hydroxyl groups excluding tert-OH is 2. The smallest absolute Gasteiger partial charge is 0.462 e. The van der Waals surface area contributed by atoms with Gasteiger partial charge < -0.3 is 44.1 Å². The second-order valence-corrected chi connectivity index (χ2v) is 29.2. The van der Waals surface area contributed by atoms with Crippen molar-refractivity contribution in [3.63, 3.8) is 0 Å². The molecule has 12 rings (SSSR count). The van der Waals surface area contributed by atoms with Crippen LogP contribution >= 0.6 is 0 Å². The molecule has 0 aromatic rings. The molecule has 0 spiro atoms. The van der Waals surface area contributed by atoms with Crippen LogP contribution in [0.4, 0.5) is 9.59 Å². The number of hydrogen-bond acceptors (Lipinski definition) is 15. The number of carbonyl (C=O) groups excluding carboxylic acids is 6. The number of terminal acetylenes is 2. The minimum absolute atomic E-state index is 0.0651. The van der Waals surface area contributed by atoms with Crippen LogP contribution < -0.4 is 0 Å². The third-order valence-corrected chi connectivity index (χ3v) is 25.9. The second kappa shape index (κ2) is 21.6. The molecule has 0 amide bonds. The zero-order chi connectivity index (χ0) is 60.4. The monoisotopic (exact) mass is 1150 g/mol. The van der Waals surface area contributed by atoms with E-state index < -0.39 is 46.6 Å². The molecule has 0 aromatic heterocycles. The summed E-state index contributed by atoms with van der Waals surface area (Å²) in [5.74, 6) is 6.56. The summed E-state index contributed by atoms with van der Waals surface area (Å²) >= 11 is 0. The van der Waals surface area contributed by atoms with Crippen molar-refractivity contribution >= 4 is 35.6 Å². The van der Waals surface area contributed by atoms with Gasteiger partial charge in [-0.15, -0.1) is 12.8 Å². The average molecular weight is 1150 g/mol. The highest BCUT2D eigenvalue weighted by molar-refractivity contribution is 5.95. The van der Waals surface area contributed by atoms with E-state index in [1.165, 1.54) is 33.1 Å². The van der Waals surface area contributed by atoms with Crippen molar-refractivity contribution in [2.45, 2.75) is 219 Å². The molecule has 12 aliphatic rings. The van der Waals surface area contributed by atoms with E-state index in [-0.39, 0.29) is 112 Å². The van der Waals surface area contributed by atoms with Gasteiger partial charge in [0.2, 0.25) is 0 Å². The molecular weight excluding hydrogens is 1060 g/mol. The van der Waals surface area contributed by atoms with E-state index >= 15 is 0 Å². The van der Waals surface area contributed by atoms with Gasteiger partial charge in [-0.2, -0.15) is 0 Å². The number of aliphatic hydroxyl groups is 4. The van der Waals surface area contributed by atoms with Crippen LogP contribution in [-0.4, -0.2) is 112 Å². The summed E-state index contributed by atoms with van der Waals surface area (Å²) in [7, 11) is 2.59. The third-order valence-electron chi connectivity index (χ3n) is 25.9. The second-order valence-electron chi connectivity index (χ2n) is 29.2. The number of Topliss-reactive ketones (excluding diaryl/α,β-unsaturated/α-hetero) is 3. The molecule has 15 nitrogen and oxygen atoms in total. The summed E-state index contributed by atoms with van der Waals surface area (Å²) < 4.78 is 25.5. The van der Waals surface area contributed by atoms with Crippen molar-refractivity contribution in [1.29, 1.82) is 0 Å². The molecule has 12 aliphatic carbocycles. The van der Waals surface area contributed by atoms with E-state index in [2.05, 4.69) is 62.0 Å². The molecule has 454 valence electrons. The van der Waals surface area contributed by atoms with Gasteiger partial charge in [-0.05, 0) is 159 Å². The number of fused-ring (bicyclic) bond motifs is 15. The van der Waals surface area contributed by atoms with Crippen molar-refractivity contribution in [2.24, 2.45) is 91.7 Å². The molecule has 0 radical (unpaired) electrons. The van der Waals surface area contributed by atoms with Crippen LogP contribution in [0.5, 0.6) is 0 Å². The lowest BCUT2D eigenvalue weighted by atomic mass is 9.46. The van der Waals surface area contributed by atoms with Crippen molar-refractivity contribution in [2.75, 3.05) is 14.2 Å². The predicted molar refractivity (Wildman–Crippen MR) is 306 cm³/mol. The van der Waals surface area contributed by atoms with E-state index in [4.69, 9.17) is 27.1 Å². The lowest BCUT2D eigenvalue weighted by Crippen LogP contribution is -2.58. The molecule has 0 heterocycles. The van der Waals surface area contributed by atoms with E-state index in [9.17, 15) is 49.2 Å².